The van der Waals surface area contributed by atoms with Crippen molar-refractivity contribution < 1.29 is 17.9 Å². The van der Waals surface area contributed by atoms with Crippen LogP contribution in [0.3, 0.4) is 0 Å². The number of rotatable bonds is 7. The number of aromatic nitrogens is 1. The molecule has 8 nitrogen and oxygen atoms in total. The van der Waals surface area contributed by atoms with E-state index < -0.39 is 10.0 Å². The molecular weight excluding hydrogens is 436 g/mol. The lowest BCUT2D eigenvalue weighted by Gasteiger charge is -2.29. The summed E-state index contributed by atoms with van der Waals surface area (Å²) in [6, 6.07) is 3.71. The number of fused-ring (bicyclic) bond motifs is 1. The molecule has 0 aliphatic carbocycles. The second-order valence-electron chi connectivity index (χ2n) is 7.06. The van der Waals surface area contributed by atoms with Crippen molar-refractivity contribution in [1.29, 1.82) is 0 Å². The number of thiazole rings is 1. The van der Waals surface area contributed by atoms with Crippen molar-refractivity contribution >= 4 is 54.2 Å². The van der Waals surface area contributed by atoms with Gasteiger partial charge in [-0.1, -0.05) is 29.0 Å². The van der Waals surface area contributed by atoms with Crippen LogP contribution in [0.15, 0.2) is 12.1 Å². The molecule has 2 aromatic rings. The van der Waals surface area contributed by atoms with Crippen LogP contribution in [-0.2, 0) is 19.6 Å². The van der Waals surface area contributed by atoms with Crippen LogP contribution < -0.4 is 4.90 Å². The maximum absolute atomic E-state index is 13.0. The molecule has 1 fully saturated rings. The summed E-state index contributed by atoms with van der Waals surface area (Å²) in [5.74, 6) is -0.320. The molecule has 0 bridgehead atoms. The van der Waals surface area contributed by atoms with E-state index in [4.69, 9.17) is 16.3 Å². The topological polar surface area (TPSA) is 83.0 Å². The Morgan fingerprint density at radius 2 is 2.03 bits per heavy atom. The van der Waals surface area contributed by atoms with Gasteiger partial charge >= 0.3 is 0 Å². The predicted molar refractivity (Wildman–Crippen MR) is 116 cm³/mol. The molecule has 0 atom stereocenters. The molecule has 1 amide bonds. The van der Waals surface area contributed by atoms with Gasteiger partial charge in [0, 0.05) is 33.2 Å². The minimum Gasteiger partial charge on any atom is -0.379 e. The highest BCUT2D eigenvalue weighted by atomic mass is 35.5. The summed E-state index contributed by atoms with van der Waals surface area (Å²) in [5, 5.41) is 1.11. The quantitative estimate of drug-likeness (QED) is 0.626. The number of halogens is 1. The van der Waals surface area contributed by atoms with Gasteiger partial charge < -0.3 is 4.74 Å². The Kier molecular flexibility index (Phi) is 7.13. The first kappa shape index (κ1) is 22.4. The first-order valence-electron chi connectivity index (χ1n) is 9.24. The smallest absolute Gasteiger partial charge is 0.244 e. The van der Waals surface area contributed by atoms with Crippen LogP contribution in [-0.4, -0.2) is 87.8 Å². The number of anilines is 1. The molecule has 3 rings (SSSR count). The molecule has 1 aliphatic rings. The van der Waals surface area contributed by atoms with Crippen LogP contribution in [0.5, 0.6) is 0 Å². The van der Waals surface area contributed by atoms with Gasteiger partial charge in [-0.2, -0.15) is 4.31 Å². The Morgan fingerprint density at radius 1 is 1.34 bits per heavy atom. The molecule has 2 heterocycles. The maximum atomic E-state index is 13.0. The largest absolute Gasteiger partial charge is 0.379 e. The van der Waals surface area contributed by atoms with Gasteiger partial charge in [-0.3, -0.25) is 14.6 Å². The lowest BCUT2D eigenvalue weighted by Crippen LogP contribution is -2.46. The molecule has 0 unspecified atom stereocenters. The number of sulfonamides is 1. The summed E-state index contributed by atoms with van der Waals surface area (Å²) >= 11 is 7.67. The van der Waals surface area contributed by atoms with Crippen LogP contribution >= 0.6 is 22.9 Å². The third-order valence-electron chi connectivity index (χ3n) is 4.89. The van der Waals surface area contributed by atoms with E-state index >= 15 is 0 Å². The zero-order chi connectivity index (χ0) is 21.2. The van der Waals surface area contributed by atoms with E-state index in [1.165, 1.54) is 18.4 Å². The average Bonchev–Trinajstić information content (AvgIpc) is 3.11. The number of benzene rings is 1. The fourth-order valence-electron chi connectivity index (χ4n) is 2.99. The fourth-order valence-corrected chi connectivity index (χ4v) is 4.70. The number of ether oxygens (including phenoxy) is 1. The summed E-state index contributed by atoms with van der Waals surface area (Å²) < 4.78 is 30.8. The number of likely N-dealkylation sites (N-methyl/N-ethyl adjacent to an activating group) is 1. The third-order valence-corrected chi connectivity index (χ3v) is 7.69. The first-order valence-corrected chi connectivity index (χ1v) is 12.3. The molecule has 11 heteroatoms. The summed E-state index contributed by atoms with van der Waals surface area (Å²) in [4.78, 5) is 21.5. The molecule has 0 spiro atoms. The zero-order valence-corrected chi connectivity index (χ0v) is 19.1. The van der Waals surface area contributed by atoms with Gasteiger partial charge in [0.1, 0.15) is 0 Å². The monoisotopic (exact) mass is 460 g/mol. The molecule has 160 valence electrons. The van der Waals surface area contributed by atoms with Crippen LogP contribution in [0.25, 0.3) is 10.2 Å². The predicted octanol–water partition coefficient (Wildman–Crippen LogP) is 1.81. The number of carbonyl (C=O) groups is 1. The molecule has 1 saturated heterocycles. The normalized spacial score (nSPS) is 15.9. The van der Waals surface area contributed by atoms with Gasteiger partial charge in [0.2, 0.25) is 15.9 Å². The van der Waals surface area contributed by atoms with Crippen molar-refractivity contribution in [2.24, 2.45) is 0 Å². The molecule has 29 heavy (non-hydrogen) atoms. The molecule has 1 aromatic heterocycles. The highest BCUT2D eigenvalue weighted by Crippen LogP contribution is 2.35. The molecular formula is C18H25ClN4O4S2. The molecule has 0 radical (unpaired) electrons. The lowest BCUT2D eigenvalue weighted by molar-refractivity contribution is -0.118. The number of carbonyl (C=O) groups excluding carboxylic acids is 1. The van der Waals surface area contributed by atoms with Gasteiger partial charge in [0.05, 0.1) is 41.3 Å². The Bertz CT molecular complexity index is 950. The zero-order valence-electron chi connectivity index (χ0n) is 16.7. The van der Waals surface area contributed by atoms with Crippen LogP contribution in [0.2, 0.25) is 5.02 Å². The van der Waals surface area contributed by atoms with Gasteiger partial charge in [-0.05, 0) is 18.6 Å². The van der Waals surface area contributed by atoms with E-state index in [2.05, 4.69) is 9.88 Å². The van der Waals surface area contributed by atoms with E-state index in [0.717, 1.165) is 39.4 Å². The third kappa shape index (κ3) is 5.44. The summed E-state index contributed by atoms with van der Waals surface area (Å²) in [6.45, 7) is 5.70. The van der Waals surface area contributed by atoms with Crippen molar-refractivity contribution in [3.8, 4) is 0 Å². The summed E-state index contributed by atoms with van der Waals surface area (Å²) in [5.41, 5.74) is 1.74. The molecule has 0 saturated carbocycles. The van der Waals surface area contributed by atoms with Crippen molar-refractivity contribution in [3.05, 3.63) is 22.7 Å². The van der Waals surface area contributed by atoms with Crippen molar-refractivity contribution in [2.45, 2.75) is 6.92 Å². The Morgan fingerprint density at radius 3 is 2.66 bits per heavy atom. The van der Waals surface area contributed by atoms with E-state index in [1.807, 2.05) is 19.1 Å². The van der Waals surface area contributed by atoms with Crippen LogP contribution in [0.1, 0.15) is 5.56 Å². The van der Waals surface area contributed by atoms with E-state index in [9.17, 15) is 13.2 Å². The molecule has 0 N–H and O–H groups in total. The standard InChI is InChI=1S/C18H25ClN4O4S2/c1-13-4-5-14(19)17-16(13)20-18(28-17)23(7-6-22-8-10-27-11-9-22)15(24)12-21(2)29(3,25)26/h4-5H,6-12H2,1-3H3. The highest BCUT2D eigenvalue weighted by molar-refractivity contribution is 7.88. The van der Waals surface area contributed by atoms with Crippen LogP contribution in [0, 0.1) is 6.92 Å². The first-order chi connectivity index (χ1) is 13.7. The number of amides is 1. The highest BCUT2D eigenvalue weighted by Gasteiger charge is 2.25. The Labute approximate surface area is 180 Å². The average molecular weight is 461 g/mol. The van der Waals surface area contributed by atoms with Crippen molar-refractivity contribution in [2.75, 3.05) is 64.1 Å². The minimum absolute atomic E-state index is 0.245. The van der Waals surface area contributed by atoms with Gasteiger partial charge in [0.25, 0.3) is 0 Å². The number of aryl methyl sites for hydroxylation is 1. The number of hydrogen-bond donors (Lipinski definition) is 0. The van der Waals surface area contributed by atoms with E-state index in [-0.39, 0.29) is 12.5 Å². The SMILES string of the molecule is Cc1ccc(Cl)c2sc(N(CCN3CCOCC3)C(=O)CN(C)S(C)(=O)=O)nc12. The molecule has 1 aliphatic heterocycles. The van der Waals surface area contributed by atoms with Crippen LogP contribution in [0.4, 0.5) is 5.13 Å². The molecule has 1 aromatic carbocycles. The maximum Gasteiger partial charge on any atom is 0.244 e. The van der Waals surface area contributed by atoms with Gasteiger partial charge in [-0.15, -0.1) is 0 Å². The van der Waals surface area contributed by atoms with Gasteiger partial charge in [0.15, 0.2) is 5.13 Å². The Balaban J connectivity index is 1.88. The Hall–Kier alpha value is -1.30. The summed E-state index contributed by atoms with van der Waals surface area (Å²) in [6.07, 6.45) is 1.08. The number of hydrogen-bond acceptors (Lipinski definition) is 7. The van der Waals surface area contributed by atoms with Crippen molar-refractivity contribution in [3.63, 3.8) is 0 Å². The second kappa shape index (κ2) is 9.23. The van der Waals surface area contributed by atoms with E-state index in [0.29, 0.717) is 36.5 Å². The number of morpholine rings is 1. The van der Waals surface area contributed by atoms with Gasteiger partial charge in [-0.25, -0.2) is 13.4 Å². The van der Waals surface area contributed by atoms with E-state index in [1.54, 1.807) is 4.90 Å². The summed E-state index contributed by atoms with van der Waals surface area (Å²) in [7, 11) is -2.07. The lowest BCUT2D eigenvalue weighted by atomic mass is 10.2. The van der Waals surface area contributed by atoms with Crippen molar-refractivity contribution in [1.82, 2.24) is 14.2 Å². The second-order valence-corrected chi connectivity index (χ2v) is 10.5. The number of nitrogens with zero attached hydrogens (tertiary/aromatic N) is 4. The fraction of sp³-hybridized carbons (Fsp3) is 0.556. The minimum atomic E-state index is -3.47.